The third kappa shape index (κ3) is 2.44. The fourth-order valence-corrected chi connectivity index (χ4v) is 3.52. The van der Waals surface area contributed by atoms with E-state index in [4.69, 9.17) is 17.3 Å². The van der Waals surface area contributed by atoms with Crippen molar-refractivity contribution < 1.29 is 4.79 Å². The molecule has 1 aromatic heterocycles. The number of amides is 1. The summed E-state index contributed by atoms with van der Waals surface area (Å²) in [6.07, 6.45) is 1.71. The molecule has 1 amide bonds. The maximum atomic E-state index is 11.6. The Hall–Kier alpha value is -1.08. The molecule has 1 atom stereocenters. The third-order valence-electron chi connectivity index (χ3n) is 2.91. The van der Waals surface area contributed by atoms with Gasteiger partial charge in [0.1, 0.15) is 11.1 Å². The highest BCUT2D eigenvalue weighted by Gasteiger charge is 2.28. The molecule has 0 saturated carbocycles. The summed E-state index contributed by atoms with van der Waals surface area (Å²) in [5.41, 5.74) is 7.22. The first kappa shape index (κ1) is 13.9. The van der Waals surface area contributed by atoms with Crippen molar-refractivity contribution in [3.05, 3.63) is 45.5 Å². The van der Waals surface area contributed by atoms with Crippen molar-refractivity contribution in [3.63, 3.8) is 0 Å². The Kier molecular flexibility index (Phi) is 3.72. The van der Waals surface area contributed by atoms with Gasteiger partial charge in [-0.15, -0.1) is 0 Å². The minimum atomic E-state index is -0.650. The van der Waals surface area contributed by atoms with Crippen LogP contribution in [0.15, 0.2) is 44.9 Å². The van der Waals surface area contributed by atoms with Gasteiger partial charge in [0.25, 0.3) is 0 Å². The van der Waals surface area contributed by atoms with Crippen LogP contribution in [-0.4, -0.2) is 10.9 Å². The van der Waals surface area contributed by atoms with Crippen LogP contribution in [0.5, 0.6) is 0 Å². The van der Waals surface area contributed by atoms with Gasteiger partial charge < -0.3 is 11.1 Å². The summed E-state index contributed by atoms with van der Waals surface area (Å²) in [5, 5.41) is 4.11. The topological polar surface area (TPSA) is 68.0 Å². The number of aromatic nitrogens is 1. The third-order valence-corrected chi connectivity index (χ3v) is 5.31. The number of pyridine rings is 1. The molecule has 20 heavy (non-hydrogen) atoms. The van der Waals surface area contributed by atoms with Crippen molar-refractivity contribution >= 4 is 50.9 Å². The Labute approximate surface area is 133 Å². The number of nitrogens with one attached hydrogen (secondary N) is 1. The Bertz CT molecular complexity index is 710. The maximum absolute atomic E-state index is 11.6. The molecule has 2 heterocycles. The number of halogens is 2. The van der Waals surface area contributed by atoms with Crippen LogP contribution in [0.1, 0.15) is 11.6 Å². The fourth-order valence-electron chi connectivity index (χ4n) is 1.91. The molecular formula is C13H9BrClN3OS. The van der Waals surface area contributed by atoms with Crippen LogP contribution in [0, 0.1) is 0 Å². The van der Waals surface area contributed by atoms with Crippen LogP contribution >= 0.6 is 39.3 Å². The van der Waals surface area contributed by atoms with E-state index in [0.29, 0.717) is 10.7 Å². The van der Waals surface area contributed by atoms with Gasteiger partial charge in [-0.25, -0.2) is 4.98 Å². The van der Waals surface area contributed by atoms with Gasteiger partial charge in [-0.3, -0.25) is 4.79 Å². The van der Waals surface area contributed by atoms with Gasteiger partial charge in [0, 0.05) is 22.3 Å². The second kappa shape index (κ2) is 5.37. The molecule has 7 heteroatoms. The fraction of sp³-hybridized carbons (Fsp3) is 0.0769. The van der Waals surface area contributed by atoms with E-state index in [1.807, 2.05) is 18.2 Å². The lowest BCUT2D eigenvalue weighted by atomic mass is 10.1. The molecule has 0 radical (unpaired) electrons. The van der Waals surface area contributed by atoms with Gasteiger partial charge in [0.15, 0.2) is 0 Å². The average molecular weight is 371 g/mol. The first-order chi connectivity index (χ1) is 9.56. The molecule has 1 aromatic carbocycles. The summed E-state index contributed by atoms with van der Waals surface area (Å²) in [5.74, 6) is -0.211. The van der Waals surface area contributed by atoms with Gasteiger partial charge in [0.2, 0.25) is 5.91 Å². The van der Waals surface area contributed by atoms with Crippen LogP contribution in [0.2, 0.25) is 5.02 Å². The van der Waals surface area contributed by atoms with Gasteiger partial charge in [-0.05, 0) is 40.2 Å². The zero-order valence-electron chi connectivity index (χ0n) is 10.1. The van der Waals surface area contributed by atoms with E-state index in [2.05, 4.69) is 26.2 Å². The van der Waals surface area contributed by atoms with Crippen LogP contribution in [0.3, 0.4) is 0 Å². The summed E-state index contributed by atoms with van der Waals surface area (Å²) in [4.78, 5) is 16.7. The molecule has 0 aliphatic carbocycles. The first-order valence-electron chi connectivity index (χ1n) is 5.74. The van der Waals surface area contributed by atoms with E-state index in [9.17, 15) is 4.79 Å². The minimum Gasteiger partial charge on any atom is -0.324 e. The molecule has 0 saturated heterocycles. The highest BCUT2D eigenvalue weighted by Crippen LogP contribution is 2.41. The van der Waals surface area contributed by atoms with Gasteiger partial charge in [-0.2, -0.15) is 0 Å². The summed E-state index contributed by atoms with van der Waals surface area (Å²) < 4.78 is 0.891. The minimum absolute atomic E-state index is 0.211. The maximum Gasteiger partial charge on any atom is 0.245 e. The SMILES string of the molecule is NC1C(=O)Nc2cc(Sc3ncccc3Br)c(Cl)cc21. The lowest BCUT2D eigenvalue weighted by molar-refractivity contribution is -0.116. The molecule has 1 unspecified atom stereocenters. The number of nitrogens with zero attached hydrogens (tertiary/aromatic N) is 1. The Morgan fingerprint density at radius 2 is 2.25 bits per heavy atom. The molecule has 0 spiro atoms. The molecule has 1 aliphatic heterocycles. The highest BCUT2D eigenvalue weighted by atomic mass is 79.9. The number of anilines is 1. The van der Waals surface area contributed by atoms with E-state index in [1.54, 1.807) is 12.3 Å². The molecule has 3 rings (SSSR count). The van der Waals surface area contributed by atoms with Crippen LogP contribution in [0.25, 0.3) is 0 Å². The second-order valence-electron chi connectivity index (χ2n) is 4.23. The highest BCUT2D eigenvalue weighted by molar-refractivity contribution is 9.10. The molecule has 0 bridgehead atoms. The lowest BCUT2D eigenvalue weighted by Crippen LogP contribution is -2.19. The predicted molar refractivity (Wildman–Crippen MR) is 83.1 cm³/mol. The zero-order valence-corrected chi connectivity index (χ0v) is 13.2. The number of rotatable bonds is 2. The van der Waals surface area contributed by atoms with Crippen LogP contribution in [0.4, 0.5) is 5.69 Å². The van der Waals surface area contributed by atoms with Crippen molar-refractivity contribution in [1.29, 1.82) is 0 Å². The van der Waals surface area contributed by atoms with Gasteiger partial charge >= 0.3 is 0 Å². The largest absolute Gasteiger partial charge is 0.324 e. The number of benzene rings is 1. The molecule has 1 aliphatic rings. The molecule has 0 fully saturated rings. The average Bonchev–Trinajstić information content (AvgIpc) is 2.69. The van der Waals surface area contributed by atoms with Crippen molar-refractivity contribution in [2.24, 2.45) is 5.73 Å². The Balaban J connectivity index is 1.99. The number of nitrogens with two attached hydrogens (primary N) is 1. The summed E-state index contributed by atoms with van der Waals surface area (Å²) in [6, 6.07) is 6.67. The van der Waals surface area contributed by atoms with Crippen molar-refractivity contribution in [1.82, 2.24) is 4.98 Å². The van der Waals surface area contributed by atoms with Crippen molar-refractivity contribution in [2.75, 3.05) is 5.32 Å². The van der Waals surface area contributed by atoms with Crippen molar-refractivity contribution in [3.8, 4) is 0 Å². The standard InChI is InChI=1S/C13H9BrClN3OS/c14-7-2-1-3-17-13(7)20-10-5-9-6(4-8(10)15)11(16)12(19)18-9/h1-5,11H,16H2,(H,18,19). The summed E-state index contributed by atoms with van der Waals surface area (Å²) >= 11 is 11.1. The van der Waals surface area contributed by atoms with E-state index < -0.39 is 6.04 Å². The number of fused-ring (bicyclic) bond motifs is 1. The van der Waals surface area contributed by atoms with Gasteiger partial charge in [0.05, 0.1) is 9.50 Å². The molecule has 3 N–H and O–H groups in total. The predicted octanol–water partition coefficient (Wildman–Crippen LogP) is 3.60. The quantitative estimate of drug-likeness (QED) is 0.847. The molecule has 2 aromatic rings. The zero-order chi connectivity index (χ0) is 14.3. The number of carbonyl (C=O) groups is 1. The Morgan fingerprint density at radius 1 is 1.45 bits per heavy atom. The molecule has 102 valence electrons. The lowest BCUT2D eigenvalue weighted by Gasteiger charge is -2.08. The summed E-state index contributed by atoms with van der Waals surface area (Å²) in [7, 11) is 0. The van der Waals surface area contributed by atoms with Crippen molar-refractivity contribution in [2.45, 2.75) is 16.0 Å². The van der Waals surface area contributed by atoms with E-state index >= 15 is 0 Å². The van der Waals surface area contributed by atoms with Crippen LogP contribution < -0.4 is 11.1 Å². The van der Waals surface area contributed by atoms with E-state index in [-0.39, 0.29) is 5.91 Å². The second-order valence-corrected chi connectivity index (χ2v) is 6.52. The number of hydrogen-bond donors (Lipinski definition) is 2. The Morgan fingerprint density at radius 3 is 3.00 bits per heavy atom. The van der Waals surface area contributed by atoms with Gasteiger partial charge in [-0.1, -0.05) is 23.4 Å². The molecule has 4 nitrogen and oxygen atoms in total. The number of carbonyl (C=O) groups excluding carboxylic acids is 1. The normalized spacial score (nSPS) is 16.9. The number of hydrogen-bond acceptors (Lipinski definition) is 4. The molecular weight excluding hydrogens is 362 g/mol. The smallest absolute Gasteiger partial charge is 0.245 e. The summed E-state index contributed by atoms with van der Waals surface area (Å²) in [6.45, 7) is 0. The van der Waals surface area contributed by atoms with Crippen LogP contribution in [-0.2, 0) is 4.79 Å². The monoisotopic (exact) mass is 369 g/mol. The van der Waals surface area contributed by atoms with E-state index in [0.717, 1.165) is 20.0 Å². The first-order valence-corrected chi connectivity index (χ1v) is 7.73. The van der Waals surface area contributed by atoms with E-state index in [1.165, 1.54) is 11.8 Å².